The molecule has 0 fully saturated rings. The first-order chi connectivity index (χ1) is 11.2. The van der Waals surface area contributed by atoms with Crippen LogP contribution < -0.4 is 5.32 Å². The van der Waals surface area contributed by atoms with E-state index >= 15 is 0 Å². The molecule has 0 aliphatic carbocycles. The van der Waals surface area contributed by atoms with Gasteiger partial charge in [-0.05, 0) is 26.3 Å². The van der Waals surface area contributed by atoms with Gasteiger partial charge < -0.3 is 19.7 Å². The first-order valence-electron chi connectivity index (χ1n) is 8.00. The molecule has 0 radical (unpaired) electrons. The third-order valence-corrected chi connectivity index (χ3v) is 3.28. The third-order valence-electron chi connectivity index (χ3n) is 3.28. The molecule has 134 valence electrons. The fourth-order valence-corrected chi connectivity index (χ4v) is 2.10. The van der Waals surface area contributed by atoms with Gasteiger partial charge in [0, 0.05) is 27.1 Å². The SMILES string of the molecule is COCCN(C)C(=O)[C@H](Cc1ccccc1)NC(=O)OC(C)(C)C. The summed E-state index contributed by atoms with van der Waals surface area (Å²) >= 11 is 0. The third kappa shape index (κ3) is 7.46. The van der Waals surface area contributed by atoms with Gasteiger partial charge in [-0.25, -0.2) is 4.79 Å². The first-order valence-corrected chi connectivity index (χ1v) is 8.00. The molecule has 6 heteroatoms. The van der Waals surface area contributed by atoms with Crippen molar-refractivity contribution in [2.75, 3.05) is 27.3 Å². The Morgan fingerprint density at radius 3 is 2.38 bits per heavy atom. The van der Waals surface area contributed by atoms with Crippen LogP contribution in [0.2, 0.25) is 0 Å². The van der Waals surface area contributed by atoms with Gasteiger partial charge in [0.25, 0.3) is 0 Å². The highest BCUT2D eigenvalue weighted by Gasteiger charge is 2.26. The molecule has 0 heterocycles. The lowest BCUT2D eigenvalue weighted by Gasteiger charge is -2.26. The predicted octanol–water partition coefficient (Wildman–Crippen LogP) is 2.23. The maximum atomic E-state index is 12.7. The van der Waals surface area contributed by atoms with Gasteiger partial charge in [0.1, 0.15) is 11.6 Å². The molecule has 6 nitrogen and oxygen atoms in total. The van der Waals surface area contributed by atoms with E-state index in [0.29, 0.717) is 19.6 Å². The molecule has 0 aromatic heterocycles. The van der Waals surface area contributed by atoms with Crippen molar-refractivity contribution >= 4 is 12.0 Å². The maximum Gasteiger partial charge on any atom is 0.408 e. The van der Waals surface area contributed by atoms with E-state index in [0.717, 1.165) is 5.56 Å². The second-order valence-corrected chi connectivity index (χ2v) is 6.64. The summed E-state index contributed by atoms with van der Waals surface area (Å²) < 4.78 is 10.3. The van der Waals surface area contributed by atoms with Crippen LogP contribution in [0.25, 0.3) is 0 Å². The van der Waals surface area contributed by atoms with E-state index in [4.69, 9.17) is 9.47 Å². The second-order valence-electron chi connectivity index (χ2n) is 6.64. The van der Waals surface area contributed by atoms with Gasteiger partial charge in [-0.3, -0.25) is 4.79 Å². The van der Waals surface area contributed by atoms with Crippen molar-refractivity contribution < 1.29 is 19.1 Å². The van der Waals surface area contributed by atoms with Crippen LogP contribution in [-0.2, 0) is 20.7 Å². The highest BCUT2D eigenvalue weighted by atomic mass is 16.6. The fraction of sp³-hybridized carbons (Fsp3) is 0.556. The van der Waals surface area contributed by atoms with E-state index in [1.807, 2.05) is 30.3 Å². The molecule has 0 bridgehead atoms. The molecule has 0 spiro atoms. The summed E-state index contributed by atoms with van der Waals surface area (Å²) in [4.78, 5) is 26.3. The number of nitrogens with zero attached hydrogens (tertiary/aromatic N) is 1. The Morgan fingerprint density at radius 1 is 1.21 bits per heavy atom. The van der Waals surface area contributed by atoms with Gasteiger partial charge >= 0.3 is 6.09 Å². The lowest BCUT2D eigenvalue weighted by atomic mass is 10.0. The number of amides is 2. The van der Waals surface area contributed by atoms with Gasteiger partial charge in [0.2, 0.25) is 5.91 Å². The van der Waals surface area contributed by atoms with Crippen molar-refractivity contribution in [2.45, 2.75) is 38.8 Å². The summed E-state index contributed by atoms with van der Waals surface area (Å²) in [7, 11) is 3.27. The average molecular weight is 336 g/mol. The Balaban J connectivity index is 2.82. The molecule has 0 saturated carbocycles. The Bertz CT molecular complexity index is 526. The average Bonchev–Trinajstić information content (AvgIpc) is 2.50. The number of methoxy groups -OCH3 is 1. The predicted molar refractivity (Wildman–Crippen MR) is 92.8 cm³/mol. The quantitative estimate of drug-likeness (QED) is 0.829. The van der Waals surface area contributed by atoms with E-state index in [-0.39, 0.29) is 5.91 Å². The minimum Gasteiger partial charge on any atom is -0.444 e. The van der Waals surface area contributed by atoms with Crippen LogP contribution in [0.3, 0.4) is 0 Å². The molecule has 0 aliphatic rings. The molecule has 2 amide bonds. The van der Waals surface area contributed by atoms with E-state index < -0.39 is 17.7 Å². The van der Waals surface area contributed by atoms with Gasteiger partial charge in [-0.1, -0.05) is 30.3 Å². The number of carbonyl (C=O) groups excluding carboxylic acids is 2. The van der Waals surface area contributed by atoms with Crippen LogP contribution in [0.1, 0.15) is 26.3 Å². The smallest absolute Gasteiger partial charge is 0.408 e. The topological polar surface area (TPSA) is 67.9 Å². The zero-order valence-corrected chi connectivity index (χ0v) is 15.2. The Kier molecular flexibility index (Phi) is 7.71. The molecule has 0 saturated heterocycles. The Hall–Kier alpha value is -2.08. The van der Waals surface area contributed by atoms with Gasteiger partial charge in [0.05, 0.1) is 6.61 Å². The molecule has 24 heavy (non-hydrogen) atoms. The Morgan fingerprint density at radius 2 is 1.83 bits per heavy atom. The summed E-state index contributed by atoms with van der Waals surface area (Å²) in [5.41, 5.74) is 0.346. The van der Waals surface area contributed by atoms with E-state index in [1.165, 1.54) is 0 Å². The van der Waals surface area contributed by atoms with E-state index in [1.54, 1.807) is 39.8 Å². The van der Waals surface area contributed by atoms with Crippen LogP contribution in [-0.4, -0.2) is 55.9 Å². The number of benzene rings is 1. The maximum absolute atomic E-state index is 12.7. The molecule has 1 atom stereocenters. The lowest BCUT2D eigenvalue weighted by molar-refractivity contribution is -0.132. The van der Waals surface area contributed by atoms with Crippen molar-refractivity contribution in [3.05, 3.63) is 35.9 Å². The van der Waals surface area contributed by atoms with Crippen LogP contribution in [0.4, 0.5) is 4.79 Å². The Labute approximate surface area is 144 Å². The van der Waals surface area contributed by atoms with Crippen LogP contribution >= 0.6 is 0 Å². The normalized spacial score (nSPS) is 12.4. The highest BCUT2D eigenvalue weighted by molar-refractivity contribution is 5.85. The van der Waals surface area contributed by atoms with Crippen molar-refractivity contribution in [3.63, 3.8) is 0 Å². The van der Waals surface area contributed by atoms with Crippen LogP contribution in [0.5, 0.6) is 0 Å². The lowest BCUT2D eigenvalue weighted by Crippen LogP contribution is -2.50. The zero-order valence-electron chi connectivity index (χ0n) is 15.2. The molecule has 1 rings (SSSR count). The summed E-state index contributed by atoms with van der Waals surface area (Å²) in [6, 6.07) is 8.87. The zero-order chi connectivity index (χ0) is 18.2. The number of alkyl carbamates (subject to hydrolysis) is 1. The number of ether oxygens (including phenoxy) is 2. The monoisotopic (exact) mass is 336 g/mol. The highest BCUT2D eigenvalue weighted by Crippen LogP contribution is 2.09. The summed E-state index contributed by atoms with van der Waals surface area (Å²) in [6.07, 6.45) is -0.201. The van der Waals surface area contributed by atoms with E-state index in [2.05, 4.69) is 5.32 Å². The van der Waals surface area contributed by atoms with Crippen molar-refractivity contribution in [1.82, 2.24) is 10.2 Å². The molecule has 1 aromatic rings. The minimum absolute atomic E-state index is 0.179. The number of rotatable bonds is 7. The van der Waals surface area contributed by atoms with Crippen LogP contribution in [0, 0.1) is 0 Å². The van der Waals surface area contributed by atoms with Crippen LogP contribution in [0.15, 0.2) is 30.3 Å². The number of carbonyl (C=O) groups is 2. The van der Waals surface area contributed by atoms with Gasteiger partial charge in [-0.15, -0.1) is 0 Å². The molecular weight excluding hydrogens is 308 g/mol. The summed E-state index contributed by atoms with van der Waals surface area (Å²) in [5, 5.41) is 2.69. The van der Waals surface area contributed by atoms with Crippen molar-refractivity contribution in [3.8, 4) is 0 Å². The minimum atomic E-state index is -0.691. The first kappa shape index (κ1) is 20.0. The summed E-state index contributed by atoms with van der Waals surface area (Å²) in [5.74, 6) is -0.179. The molecule has 0 aliphatic heterocycles. The van der Waals surface area contributed by atoms with E-state index in [9.17, 15) is 9.59 Å². The molecule has 0 unspecified atom stereocenters. The van der Waals surface area contributed by atoms with Crippen molar-refractivity contribution in [1.29, 1.82) is 0 Å². The number of hydrogen-bond acceptors (Lipinski definition) is 4. The van der Waals surface area contributed by atoms with Gasteiger partial charge in [-0.2, -0.15) is 0 Å². The number of nitrogens with one attached hydrogen (secondary N) is 1. The molecule has 1 aromatic carbocycles. The molecule has 1 N–H and O–H groups in total. The largest absolute Gasteiger partial charge is 0.444 e. The van der Waals surface area contributed by atoms with Gasteiger partial charge in [0.15, 0.2) is 0 Å². The van der Waals surface area contributed by atoms with Crippen molar-refractivity contribution in [2.24, 2.45) is 0 Å². The number of hydrogen-bond donors (Lipinski definition) is 1. The standard InChI is InChI=1S/C18H28N2O4/c1-18(2,3)24-17(22)19-15(13-14-9-7-6-8-10-14)16(21)20(4)11-12-23-5/h6-10,15H,11-13H2,1-5H3,(H,19,22)/t15-/m0/s1. The second kappa shape index (κ2) is 9.27. The molecular formula is C18H28N2O4. The number of likely N-dealkylation sites (N-methyl/N-ethyl adjacent to an activating group) is 1. The summed E-state index contributed by atoms with van der Waals surface area (Å²) in [6.45, 7) is 6.24. The fourth-order valence-electron chi connectivity index (χ4n) is 2.10.